The van der Waals surface area contributed by atoms with Crippen LogP contribution in [0.2, 0.25) is 0 Å². The summed E-state index contributed by atoms with van der Waals surface area (Å²) in [6.45, 7) is 0.278. The minimum atomic E-state index is -0.290. The van der Waals surface area contributed by atoms with E-state index in [0.29, 0.717) is 5.56 Å². The first-order chi connectivity index (χ1) is 9.09. The van der Waals surface area contributed by atoms with E-state index in [-0.39, 0.29) is 29.5 Å². The molecule has 0 fully saturated rings. The SMILES string of the molecule is CN(Cc1ccccc1O)C(=O)c1ccccc1O. The molecular weight excluding hydrogens is 242 g/mol. The van der Waals surface area contributed by atoms with Gasteiger partial charge in [0.2, 0.25) is 0 Å². The van der Waals surface area contributed by atoms with Crippen LogP contribution in [-0.2, 0) is 6.54 Å². The molecule has 4 heteroatoms. The van der Waals surface area contributed by atoms with Crippen LogP contribution in [0.5, 0.6) is 11.5 Å². The van der Waals surface area contributed by atoms with E-state index in [2.05, 4.69) is 0 Å². The van der Waals surface area contributed by atoms with Gasteiger partial charge < -0.3 is 15.1 Å². The summed E-state index contributed by atoms with van der Waals surface area (Å²) in [5, 5.41) is 19.3. The van der Waals surface area contributed by atoms with Gasteiger partial charge in [-0.25, -0.2) is 0 Å². The Morgan fingerprint density at radius 1 is 1.00 bits per heavy atom. The number of carbonyl (C=O) groups excluding carboxylic acids is 1. The number of carbonyl (C=O) groups is 1. The number of benzene rings is 2. The Labute approximate surface area is 111 Å². The van der Waals surface area contributed by atoms with Crippen LogP contribution in [0.15, 0.2) is 48.5 Å². The molecule has 0 aliphatic carbocycles. The Kier molecular flexibility index (Phi) is 3.71. The number of rotatable bonds is 3. The second-order valence-corrected chi connectivity index (χ2v) is 4.31. The summed E-state index contributed by atoms with van der Waals surface area (Å²) in [5.74, 6) is -0.183. The van der Waals surface area contributed by atoms with Crippen molar-refractivity contribution >= 4 is 5.91 Å². The normalized spacial score (nSPS) is 10.2. The molecule has 0 bridgehead atoms. The van der Waals surface area contributed by atoms with E-state index in [0.717, 1.165) is 0 Å². The van der Waals surface area contributed by atoms with Crippen molar-refractivity contribution in [3.63, 3.8) is 0 Å². The number of hydrogen-bond acceptors (Lipinski definition) is 3. The number of phenols is 2. The molecule has 98 valence electrons. The maximum Gasteiger partial charge on any atom is 0.257 e. The van der Waals surface area contributed by atoms with Gasteiger partial charge in [0.05, 0.1) is 5.56 Å². The van der Waals surface area contributed by atoms with E-state index in [1.54, 1.807) is 49.5 Å². The number of amides is 1. The Hall–Kier alpha value is -2.49. The molecule has 0 spiro atoms. The topological polar surface area (TPSA) is 60.8 Å². The summed E-state index contributed by atoms with van der Waals surface area (Å²) in [7, 11) is 1.63. The van der Waals surface area contributed by atoms with Gasteiger partial charge in [-0.05, 0) is 18.2 Å². The van der Waals surface area contributed by atoms with Crippen molar-refractivity contribution in [2.75, 3.05) is 7.05 Å². The van der Waals surface area contributed by atoms with Gasteiger partial charge >= 0.3 is 0 Å². The van der Waals surface area contributed by atoms with Gasteiger partial charge in [0, 0.05) is 19.2 Å². The van der Waals surface area contributed by atoms with Gasteiger partial charge in [0.25, 0.3) is 5.91 Å². The van der Waals surface area contributed by atoms with Crippen molar-refractivity contribution in [2.24, 2.45) is 0 Å². The van der Waals surface area contributed by atoms with Crippen LogP contribution in [0.25, 0.3) is 0 Å². The predicted octanol–water partition coefficient (Wildman–Crippen LogP) is 2.37. The molecule has 0 aromatic heterocycles. The zero-order valence-corrected chi connectivity index (χ0v) is 10.6. The molecule has 2 N–H and O–H groups in total. The molecule has 2 aromatic rings. The van der Waals surface area contributed by atoms with Crippen molar-refractivity contribution in [2.45, 2.75) is 6.54 Å². The molecule has 0 aliphatic heterocycles. The lowest BCUT2D eigenvalue weighted by Gasteiger charge is -2.18. The highest BCUT2D eigenvalue weighted by Gasteiger charge is 2.16. The summed E-state index contributed by atoms with van der Waals surface area (Å²) < 4.78 is 0. The van der Waals surface area contributed by atoms with Gasteiger partial charge in [0.15, 0.2) is 0 Å². The molecule has 0 atom stereocenters. The van der Waals surface area contributed by atoms with E-state index in [4.69, 9.17) is 0 Å². The quantitative estimate of drug-likeness (QED) is 0.887. The number of phenolic OH excluding ortho intramolecular Hbond substituents is 2. The fraction of sp³-hybridized carbons (Fsp3) is 0.133. The number of nitrogens with zero attached hydrogens (tertiary/aromatic N) is 1. The van der Waals surface area contributed by atoms with Gasteiger partial charge in [-0.2, -0.15) is 0 Å². The Balaban J connectivity index is 2.17. The molecular formula is C15H15NO3. The Bertz CT molecular complexity index is 595. The Morgan fingerprint density at radius 3 is 2.21 bits per heavy atom. The van der Waals surface area contributed by atoms with Crippen LogP contribution in [0.4, 0.5) is 0 Å². The lowest BCUT2D eigenvalue weighted by Crippen LogP contribution is -2.26. The maximum absolute atomic E-state index is 12.2. The van der Waals surface area contributed by atoms with E-state index < -0.39 is 0 Å². The first-order valence-corrected chi connectivity index (χ1v) is 5.90. The minimum Gasteiger partial charge on any atom is -0.508 e. The van der Waals surface area contributed by atoms with Crippen LogP contribution in [0.3, 0.4) is 0 Å². The van der Waals surface area contributed by atoms with Gasteiger partial charge in [-0.3, -0.25) is 4.79 Å². The molecule has 2 rings (SSSR count). The van der Waals surface area contributed by atoms with E-state index in [9.17, 15) is 15.0 Å². The van der Waals surface area contributed by atoms with Crippen LogP contribution < -0.4 is 0 Å². The average molecular weight is 257 g/mol. The van der Waals surface area contributed by atoms with E-state index >= 15 is 0 Å². The molecule has 1 amide bonds. The fourth-order valence-corrected chi connectivity index (χ4v) is 1.83. The maximum atomic E-state index is 12.2. The molecule has 0 aliphatic rings. The zero-order valence-electron chi connectivity index (χ0n) is 10.6. The van der Waals surface area contributed by atoms with Gasteiger partial charge in [-0.1, -0.05) is 30.3 Å². The third-order valence-corrected chi connectivity index (χ3v) is 2.88. The molecule has 0 saturated carbocycles. The zero-order chi connectivity index (χ0) is 13.8. The molecule has 4 nitrogen and oxygen atoms in total. The number of aromatic hydroxyl groups is 2. The van der Waals surface area contributed by atoms with Crippen molar-refractivity contribution in [3.05, 3.63) is 59.7 Å². The molecule has 19 heavy (non-hydrogen) atoms. The van der Waals surface area contributed by atoms with Crippen LogP contribution >= 0.6 is 0 Å². The van der Waals surface area contributed by atoms with Crippen molar-refractivity contribution < 1.29 is 15.0 Å². The highest BCUT2D eigenvalue weighted by atomic mass is 16.3. The first-order valence-electron chi connectivity index (χ1n) is 5.90. The summed E-state index contributed by atoms with van der Waals surface area (Å²) in [6, 6.07) is 13.3. The monoisotopic (exact) mass is 257 g/mol. The average Bonchev–Trinajstić information content (AvgIpc) is 2.41. The van der Waals surface area contributed by atoms with Gasteiger partial charge in [-0.15, -0.1) is 0 Å². The molecule has 2 aromatic carbocycles. The first kappa shape index (κ1) is 13.0. The summed E-state index contributed by atoms with van der Waals surface area (Å²) in [4.78, 5) is 13.6. The van der Waals surface area contributed by atoms with Crippen molar-refractivity contribution in [1.29, 1.82) is 0 Å². The smallest absolute Gasteiger partial charge is 0.257 e. The third kappa shape index (κ3) is 2.85. The standard InChI is InChI=1S/C15H15NO3/c1-16(10-11-6-2-4-8-13(11)17)15(19)12-7-3-5-9-14(12)18/h2-9,17-18H,10H2,1H3. The van der Waals surface area contributed by atoms with E-state index in [1.807, 2.05) is 0 Å². The lowest BCUT2D eigenvalue weighted by molar-refractivity contribution is 0.0781. The summed E-state index contributed by atoms with van der Waals surface area (Å²) in [5.41, 5.74) is 0.911. The van der Waals surface area contributed by atoms with Crippen LogP contribution in [-0.4, -0.2) is 28.1 Å². The predicted molar refractivity (Wildman–Crippen MR) is 72.0 cm³/mol. The summed E-state index contributed by atoms with van der Waals surface area (Å²) >= 11 is 0. The Morgan fingerprint density at radius 2 is 1.58 bits per heavy atom. The van der Waals surface area contributed by atoms with Crippen molar-refractivity contribution in [1.82, 2.24) is 4.90 Å². The fourth-order valence-electron chi connectivity index (χ4n) is 1.83. The van der Waals surface area contributed by atoms with Crippen molar-refractivity contribution in [3.8, 4) is 11.5 Å². The molecule has 0 heterocycles. The molecule has 0 saturated heterocycles. The third-order valence-electron chi connectivity index (χ3n) is 2.88. The minimum absolute atomic E-state index is 0.0448. The molecule has 0 unspecified atom stereocenters. The lowest BCUT2D eigenvalue weighted by atomic mass is 10.1. The second kappa shape index (κ2) is 5.44. The van der Waals surface area contributed by atoms with Crippen LogP contribution in [0.1, 0.15) is 15.9 Å². The summed E-state index contributed by atoms with van der Waals surface area (Å²) in [6.07, 6.45) is 0. The van der Waals surface area contributed by atoms with Gasteiger partial charge in [0.1, 0.15) is 11.5 Å². The molecule has 0 radical (unpaired) electrons. The van der Waals surface area contributed by atoms with Crippen LogP contribution in [0, 0.1) is 0 Å². The largest absolute Gasteiger partial charge is 0.508 e. The van der Waals surface area contributed by atoms with E-state index in [1.165, 1.54) is 11.0 Å². The second-order valence-electron chi connectivity index (χ2n) is 4.31. The highest BCUT2D eigenvalue weighted by Crippen LogP contribution is 2.21. The highest BCUT2D eigenvalue weighted by molar-refractivity contribution is 5.96. The number of para-hydroxylation sites is 2. The number of hydrogen-bond donors (Lipinski definition) is 2.